The van der Waals surface area contributed by atoms with Crippen LogP contribution >= 0.6 is 0 Å². The lowest BCUT2D eigenvalue weighted by Crippen LogP contribution is -2.60. The lowest BCUT2D eigenvalue weighted by Gasteiger charge is -2.39. The van der Waals surface area contributed by atoms with Crippen LogP contribution in [0.25, 0.3) is 6.08 Å². The molecule has 0 bridgehead atoms. The van der Waals surface area contributed by atoms with E-state index in [1.54, 1.807) is 0 Å². The maximum absolute atomic E-state index is 12.4. The molecule has 0 spiro atoms. The van der Waals surface area contributed by atoms with Crippen molar-refractivity contribution in [1.29, 1.82) is 0 Å². The number of allylic oxidation sites excluding steroid dienone is 1. The predicted molar refractivity (Wildman–Crippen MR) is 107 cm³/mol. The summed E-state index contributed by atoms with van der Waals surface area (Å²) < 4.78 is 10.4. The highest BCUT2D eigenvalue weighted by Gasteiger charge is 2.45. The number of benzene rings is 2. The first-order valence-corrected chi connectivity index (χ1v) is 9.40. The van der Waals surface area contributed by atoms with Crippen molar-refractivity contribution >= 4 is 11.9 Å². The molecule has 11 nitrogen and oxygen atoms in total. The highest BCUT2D eigenvalue weighted by molar-refractivity contribution is 6.09. The molecule has 5 unspecified atom stereocenters. The van der Waals surface area contributed by atoms with E-state index in [1.165, 1.54) is 24.3 Å². The summed E-state index contributed by atoms with van der Waals surface area (Å²) >= 11 is 0. The van der Waals surface area contributed by atoms with Crippen molar-refractivity contribution in [3.8, 4) is 28.7 Å². The van der Waals surface area contributed by atoms with Gasteiger partial charge in [-0.15, -0.1) is 0 Å². The first-order chi connectivity index (χ1) is 15.1. The molecule has 0 radical (unpaired) electrons. The van der Waals surface area contributed by atoms with E-state index in [4.69, 9.17) is 9.47 Å². The molecule has 2 aromatic carbocycles. The second-order valence-electron chi connectivity index (χ2n) is 7.07. The van der Waals surface area contributed by atoms with Crippen LogP contribution in [0.4, 0.5) is 0 Å². The predicted octanol–water partition coefficient (Wildman–Crippen LogP) is -0.416. The van der Waals surface area contributed by atoms with Crippen LogP contribution in [0.15, 0.2) is 36.4 Å². The molecule has 1 aliphatic heterocycles. The highest BCUT2D eigenvalue weighted by atomic mass is 16.7. The quantitative estimate of drug-likeness (QED) is 0.162. The molecule has 1 fully saturated rings. The molecule has 3 rings (SSSR count). The number of rotatable bonds is 6. The fourth-order valence-electron chi connectivity index (χ4n) is 3.05. The van der Waals surface area contributed by atoms with Gasteiger partial charge in [-0.3, -0.25) is 4.79 Å². The Morgan fingerprint density at radius 1 is 0.938 bits per heavy atom. The third-order valence-corrected chi connectivity index (χ3v) is 4.90. The van der Waals surface area contributed by atoms with Gasteiger partial charge in [-0.1, -0.05) is 12.1 Å². The minimum absolute atomic E-state index is 0.289. The minimum Gasteiger partial charge on any atom is -0.504 e. The van der Waals surface area contributed by atoms with Crippen LogP contribution in [0.3, 0.4) is 0 Å². The van der Waals surface area contributed by atoms with Crippen LogP contribution in [0.1, 0.15) is 15.9 Å². The smallest absolute Gasteiger partial charge is 0.229 e. The SMILES string of the molecule is O=C(C=Cc1ccc(O)c(O)c1)c1ccc(OC2OC(CO)C(O)C(O)C2O)c(O)c1O. The van der Waals surface area contributed by atoms with E-state index in [2.05, 4.69) is 0 Å². The Balaban J connectivity index is 1.78. The van der Waals surface area contributed by atoms with Crippen LogP contribution in [0.2, 0.25) is 0 Å². The molecule has 172 valence electrons. The lowest BCUT2D eigenvalue weighted by molar-refractivity contribution is -0.277. The summed E-state index contributed by atoms with van der Waals surface area (Å²) in [6.45, 7) is -0.680. The standard InChI is InChI=1S/C21H22O11/c22-8-15-18(28)19(29)20(30)21(32-15)31-14-6-3-10(16(26)17(14)27)11(23)4-1-9-2-5-12(24)13(25)7-9/h1-7,15,18-22,24-30H,8H2. The second-order valence-corrected chi connectivity index (χ2v) is 7.07. The fourth-order valence-corrected chi connectivity index (χ4v) is 3.05. The first kappa shape index (κ1) is 23.3. The summed E-state index contributed by atoms with van der Waals surface area (Å²) in [4.78, 5) is 12.4. The van der Waals surface area contributed by atoms with Crippen LogP contribution in [-0.4, -0.2) is 83.9 Å². The van der Waals surface area contributed by atoms with Crippen LogP contribution in [0.5, 0.6) is 28.7 Å². The Kier molecular flexibility index (Phi) is 6.87. The summed E-state index contributed by atoms with van der Waals surface area (Å²) in [5.41, 5.74) is 0.0998. The normalized spacial score (nSPS) is 25.7. The number of aliphatic hydroxyl groups is 4. The summed E-state index contributed by atoms with van der Waals surface area (Å²) in [7, 11) is 0. The van der Waals surface area contributed by atoms with Gasteiger partial charge in [-0.2, -0.15) is 0 Å². The van der Waals surface area contributed by atoms with Gasteiger partial charge in [-0.25, -0.2) is 0 Å². The van der Waals surface area contributed by atoms with E-state index in [1.807, 2.05) is 0 Å². The summed E-state index contributed by atoms with van der Waals surface area (Å²) in [5.74, 6) is -3.47. The summed E-state index contributed by atoms with van der Waals surface area (Å²) in [5, 5.41) is 78.1. The average molecular weight is 450 g/mol. The molecule has 8 N–H and O–H groups in total. The molecule has 0 aromatic heterocycles. The zero-order chi connectivity index (χ0) is 23.6. The number of aromatic hydroxyl groups is 4. The Morgan fingerprint density at radius 3 is 2.31 bits per heavy atom. The van der Waals surface area contributed by atoms with E-state index in [0.717, 1.165) is 18.2 Å². The van der Waals surface area contributed by atoms with E-state index in [-0.39, 0.29) is 17.1 Å². The molecule has 11 heteroatoms. The van der Waals surface area contributed by atoms with Gasteiger partial charge in [0.25, 0.3) is 0 Å². The van der Waals surface area contributed by atoms with Gasteiger partial charge in [0.15, 0.2) is 28.8 Å². The van der Waals surface area contributed by atoms with E-state index in [9.17, 15) is 45.6 Å². The molecule has 5 atom stereocenters. The van der Waals surface area contributed by atoms with Crippen molar-refractivity contribution in [2.45, 2.75) is 30.7 Å². The van der Waals surface area contributed by atoms with Crippen molar-refractivity contribution in [3.05, 3.63) is 47.5 Å². The van der Waals surface area contributed by atoms with Crippen molar-refractivity contribution < 1.29 is 55.1 Å². The maximum atomic E-state index is 12.4. The molecule has 1 heterocycles. The van der Waals surface area contributed by atoms with E-state index < -0.39 is 60.3 Å². The molecular formula is C21H22O11. The monoisotopic (exact) mass is 450 g/mol. The molecule has 0 amide bonds. The first-order valence-electron chi connectivity index (χ1n) is 9.40. The minimum atomic E-state index is -1.74. The number of carbonyl (C=O) groups excluding carboxylic acids is 1. The fraction of sp³-hybridized carbons (Fsp3) is 0.286. The Hall–Kier alpha value is -3.35. The molecule has 0 aliphatic carbocycles. The number of hydrogen-bond donors (Lipinski definition) is 8. The van der Waals surface area contributed by atoms with Crippen LogP contribution < -0.4 is 4.74 Å². The van der Waals surface area contributed by atoms with Gasteiger partial charge in [-0.05, 0) is 35.9 Å². The van der Waals surface area contributed by atoms with Crippen molar-refractivity contribution in [3.63, 3.8) is 0 Å². The second kappa shape index (κ2) is 9.42. The molecule has 1 aliphatic rings. The molecule has 32 heavy (non-hydrogen) atoms. The topological polar surface area (TPSA) is 197 Å². The Morgan fingerprint density at radius 2 is 1.66 bits per heavy atom. The van der Waals surface area contributed by atoms with Gasteiger partial charge < -0.3 is 50.3 Å². The van der Waals surface area contributed by atoms with Gasteiger partial charge in [0.1, 0.15) is 24.4 Å². The molecule has 2 aromatic rings. The molecular weight excluding hydrogens is 428 g/mol. The van der Waals surface area contributed by atoms with Gasteiger partial charge in [0, 0.05) is 0 Å². The third kappa shape index (κ3) is 4.61. The highest BCUT2D eigenvalue weighted by Crippen LogP contribution is 2.40. The number of ketones is 1. The van der Waals surface area contributed by atoms with Gasteiger partial charge >= 0.3 is 0 Å². The third-order valence-electron chi connectivity index (χ3n) is 4.90. The van der Waals surface area contributed by atoms with Crippen LogP contribution in [-0.2, 0) is 4.74 Å². The van der Waals surface area contributed by atoms with Crippen molar-refractivity contribution in [1.82, 2.24) is 0 Å². The number of carbonyl (C=O) groups is 1. The summed E-state index contributed by atoms with van der Waals surface area (Å²) in [6, 6.07) is 6.13. The number of hydrogen-bond acceptors (Lipinski definition) is 11. The molecule has 0 saturated carbocycles. The van der Waals surface area contributed by atoms with Crippen molar-refractivity contribution in [2.24, 2.45) is 0 Å². The van der Waals surface area contributed by atoms with Crippen molar-refractivity contribution in [2.75, 3.05) is 6.61 Å². The zero-order valence-corrected chi connectivity index (χ0v) is 16.4. The van der Waals surface area contributed by atoms with E-state index >= 15 is 0 Å². The van der Waals surface area contributed by atoms with Gasteiger partial charge in [0.05, 0.1) is 12.2 Å². The van der Waals surface area contributed by atoms with Gasteiger partial charge in [0.2, 0.25) is 12.0 Å². The lowest BCUT2D eigenvalue weighted by atomic mass is 9.99. The number of ether oxygens (including phenoxy) is 2. The Bertz CT molecular complexity index is 1020. The average Bonchev–Trinajstić information content (AvgIpc) is 2.77. The van der Waals surface area contributed by atoms with E-state index in [0.29, 0.717) is 5.56 Å². The Labute approximate surface area is 181 Å². The zero-order valence-electron chi connectivity index (χ0n) is 16.4. The number of phenols is 4. The van der Waals surface area contributed by atoms with Crippen LogP contribution in [0, 0.1) is 0 Å². The largest absolute Gasteiger partial charge is 0.504 e. The number of phenolic OH excluding ortho intramolecular Hbond substituents is 4. The summed E-state index contributed by atoms with van der Waals surface area (Å²) in [6.07, 6.45) is -5.49. The maximum Gasteiger partial charge on any atom is 0.229 e. The molecule has 1 saturated heterocycles. The number of aliphatic hydroxyl groups excluding tert-OH is 4.